The van der Waals surface area contributed by atoms with E-state index in [-0.39, 0.29) is 5.91 Å². The number of benzene rings is 2. The molecule has 1 heterocycles. The van der Waals surface area contributed by atoms with Gasteiger partial charge in [0.1, 0.15) is 5.69 Å². The van der Waals surface area contributed by atoms with Crippen LogP contribution in [0.1, 0.15) is 27.2 Å². The third-order valence-corrected chi connectivity index (χ3v) is 4.42. The van der Waals surface area contributed by atoms with Crippen LogP contribution in [0.2, 0.25) is 5.02 Å². The predicted molar refractivity (Wildman–Crippen MR) is 107 cm³/mol. The van der Waals surface area contributed by atoms with Gasteiger partial charge in [0, 0.05) is 17.3 Å². The van der Waals surface area contributed by atoms with E-state index in [1.807, 2.05) is 31.2 Å². The molecule has 0 spiro atoms. The van der Waals surface area contributed by atoms with Gasteiger partial charge in [-0.05, 0) is 54.8 Å². The van der Waals surface area contributed by atoms with Gasteiger partial charge in [-0.1, -0.05) is 41.9 Å². The number of aromatic nitrogens is 1. The second-order valence-corrected chi connectivity index (χ2v) is 6.56. The Morgan fingerprint density at radius 1 is 1.04 bits per heavy atom. The number of anilines is 2. The molecule has 2 aromatic carbocycles. The number of hydrogen-bond donors (Lipinski definition) is 2. The lowest BCUT2D eigenvalue weighted by Crippen LogP contribution is -2.14. The smallest absolute Gasteiger partial charge is 0.274 e. The zero-order valence-corrected chi connectivity index (χ0v) is 15.5. The van der Waals surface area contributed by atoms with E-state index in [0.29, 0.717) is 22.9 Å². The van der Waals surface area contributed by atoms with Gasteiger partial charge in [-0.25, -0.2) is 4.98 Å². The number of nitrogens with one attached hydrogen (secondary N) is 2. The molecule has 1 amide bonds. The molecule has 0 unspecified atom stereocenters. The SMILES string of the molecule is Cc1ccccc1CNc1ccc(C(=O)Nc2cc(Cl)ccc2C)nc1. The average Bonchev–Trinajstić information content (AvgIpc) is 2.64. The summed E-state index contributed by atoms with van der Waals surface area (Å²) in [6.45, 7) is 4.71. The molecule has 5 heteroatoms. The van der Waals surface area contributed by atoms with Crippen LogP contribution >= 0.6 is 11.6 Å². The highest BCUT2D eigenvalue weighted by Crippen LogP contribution is 2.21. The Kier molecular flexibility index (Phi) is 5.54. The third-order valence-electron chi connectivity index (χ3n) is 4.19. The number of amides is 1. The molecule has 3 rings (SSSR count). The largest absolute Gasteiger partial charge is 0.380 e. The van der Waals surface area contributed by atoms with E-state index < -0.39 is 0 Å². The topological polar surface area (TPSA) is 54.0 Å². The van der Waals surface area contributed by atoms with Crippen molar-refractivity contribution >= 4 is 28.9 Å². The fourth-order valence-corrected chi connectivity index (χ4v) is 2.73. The first-order chi connectivity index (χ1) is 12.5. The molecule has 2 N–H and O–H groups in total. The van der Waals surface area contributed by atoms with Gasteiger partial charge in [0.15, 0.2) is 0 Å². The van der Waals surface area contributed by atoms with Gasteiger partial charge in [-0.2, -0.15) is 0 Å². The quantitative estimate of drug-likeness (QED) is 0.652. The molecule has 0 saturated heterocycles. The van der Waals surface area contributed by atoms with Crippen LogP contribution < -0.4 is 10.6 Å². The number of carbonyl (C=O) groups excluding carboxylic acids is 1. The van der Waals surface area contributed by atoms with Crippen LogP contribution in [0.4, 0.5) is 11.4 Å². The highest BCUT2D eigenvalue weighted by Gasteiger charge is 2.10. The van der Waals surface area contributed by atoms with Crippen molar-refractivity contribution in [3.05, 3.63) is 88.2 Å². The number of nitrogens with zero attached hydrogens (tertiary/aromatic N) is 1. The Morgan fingerprint density at radius 2 is 1.85 bits per heavy atom. The van der Waals surface area contributed by atoms with Crippen molar-refractivity contribution in [2.75, 3.05) is 10.6 Å². The van der Waals surface area contributed by atoms with Gasteiger partial charge in [0.25, 0.3) is 5.91 Å². The normalized spacial score (nSPS) is 10.4. The summed E-state index contributed by atoms with van der Waals surface area (Å²) in [6.07, 6.45) is 1.66. The van der Waals surface area contributed by atoms with E-state index in [1.54, 1.807) is 24.4 Å². The molecular weight excluding hydrogens is 346 g/mol. The van der Waals surface area contributed by atoms with E-state index in [9.17, 15) is 4.79 Å². The van der Waals surface area contributed by atoms with Gasteiger partial charge < -0.3 is 10.6 Å². The van der Waals surface area contributed by atoms with Gasteiger partial charge in [-0.15, -0.1) is 0 Å². The van der Waals surface area contributed by atoms with E-state index in [4.69, 9.17) is 11.6 Å². The summed E-state index contributed by atoms with van der Waals surface area (Å²) in [6, 6.07) is 17.2. The minimum absolute atomic E-state index is 0.263. The highest BCUT2D eigenvalue weighted by atomic mass is 35.5. The van der Waals surface area contributed by atoms with Crippen molar-refractivity contribution in [1.29, 1.82) is 0 Å². The lowest BCUT2D eigenvalue weighted by atomic mass is 10.1. The molecule has 0 bridgehead atoms. The number of halogens is 1. The van der Waals surface area contributed by atoms with Gasteiger partial charge >= 0.3 is 0 Å². The molecule has 0 aliphatic carbocycles. The maximum Gasteiger partial charge on any atom is 0.274 e. The summed E-state index contributed by atoms with van der Waals surface area (Å²) in [5.74, 6) is -0.263. The van der Waals surface area contributed by atoms with Crippen LogP contribution in [-0.4, -0.2) is 10.9 Å². The lowest BCUT2D eigenvalue weighted by Gasteiger charge is -2.10. The summed E-state index contributed by atoms with van der Waals surface area (Å²) in [7, 11) is 0. The van der Waals surface area contributed by atoms with Crippen LogP contribution in [0, 0.1) is 13.8 Å². The summed E-state index contributed by atoms with van der Waals surface area (Å²) < 4.78 is 0. The number of aryl methyl sites for hydroxylation is 2. The molecule has 26 heavy (non-hydrogen) atoms. The standard InChI is InChI=1S/C21H20ClN3O/c1-14-5-3-4-6-16(14)12-23-18-9-10-19(24-13-18)21(26)25-20-11-17(22)8-7-15(20)2/h3-11,13,23H,12H2,1-2H3,(H,25,26). The Bertz CT molecular complexity index is 923. The van der Waals surface area contributed by atoms with Crippen molar-refractivity contribution in [3.63, 3.8) is 0 Å². The fraction of sp³-hybridized carbons (Fsp3) is 0.143. The van der Waals surface area contributed by atoms with E-state index in [1.165, 1.54) is 11.1 Å². The minimum Gasteiger partial charge on any atom is -0.380 e. The lowest BCUT2D eigenvalue weighted by molar-refractivity contribution is 0.102. The molecule has 3 aromatic rings. The molecule has 0 aliphatic rings. The van der Waals surface area contributed by atoms with Crippen LogP contribution in [0.15, 0.2) is 60.8 Å². The van der Waals surface area contributed by atoms with E-state index >= 15 is 0 Å². The second kappa shape index (κ2) is 8.02. The van der Waals surface area contributed by atoms with Crippen molar-refractivity contribution in [1.82, 2.24) is 4.98 Å². The number of pyridine rings is 1. The minimum atomic E-state index is -0.263. The molecule has 0 radical (unpaired) electrons. The Hall–Kier alpha value is -2.85. The number of carbonyl (C=O) groups is 1. The maximum absolute atomic E-state index is 12.4. The molecule has 132 valence electrons. The molecule has 0 saturated carbocycles. The van der Waals surface area contributed by atoms with Crippen LogP contribution in [0.25, 0.3) is 0 Å². The van der Waals surface area contributed by atoms with Crippen molar-refractivity contribution in [2.45, 2.75) is 20.4 Å². The third kappa shape index (κ3) is 4.41. The van der Waals surface area contributed by atoms with Crippen molar-refractivity contribution in [3.8, 4) is 0 Å². The van der Waals surface area contributed by atoms with E-state index in [0.717, 1.165) is 11.3 Å². The molecule has 4 nitrogen and oxygen atoms in total. The molecule has 0 aliphatic heterocycles. The molecule has 0 atom stereocenters. The zero-order valence-electron chi connectivity index (χ0n) is 14.7. The first-order valence-corrected chi connectivity index (χ1v) is 8.72. The highest BCUT2D eigenvalue weighted by molar-refractivity contribution is 6.31. The summed E-state index contributed by atoms with van der Waals surface area (Å²) in [4.78, 5) is 16.6. The Labute approximate surface area is 158 Å². The monoisotopic (exact) mass is 365 g/mol. The Balaban J connectivity index is 1.64. The first kappa shape index (κ1) is 18.0. The van der Waals surface area contributed by atoms with Crippen LogP contribution in [-0.2, 0) is 6.54 Å². The predicted octanol–water partition coefficient (Wildman–Crippen LogP) is 5.22. The van der Waals surface area contributed by atoms with Crippen molar-refractivity contribution in [2.24, 2.45) is 0 Å². The summed E-state index contributed by atoms with van der Waals surface area (Å²) in [5.41, 5.74) is 5.31. The van der Waals surface area contributed by atoms with Gasteiger partial charge in [0.05, 0.1) is 11.9 Å². The molecule has 1 aromatic heterocycles. The number of hydrogen-bond acceptors (Lipinski definition) is 3. The average molecular weight is 366 g/mol. The Morgan fingerprint density at radius 3 is 2.58 bits per heavy atom. The fourth-order valence-electron chi connectivity index (χ4n) is 2.55. The molecule has 0 fully saturated rings. The van der Waals surface area contributed by atoms with Crippen LogP contribution in [0.3, 0.4) is 0 Å². The summed E-state index contributed by atoms with van der Waals surface area (Å²) >= 11 is 5.99. The number of rotatable bonds is 5. The van der Waals surface area contributed by atoms with Crippen LogP contribution in [0.5, 0.6) is 0 Å². The zero-order chi connectivity index (χ0) is 18.5. The summed E-state index contributed by atoms with van der Waals surface area (Å²) in [5, 5.41) is 6.75. The second-order valence-electron chi connectivity index (χ2n) is 6.13. The molecular formula is C21H20ClN3O. The maximum atomic E-state index is 12.4. The van der Waals surface area contributed by atoms with Gasteiger partial charge in [0.2, 0.25) is 0 Å². The van der Waals surface area contributed by atoms with Gasteiger partial charge in [-0.3, -0.25) is 4.79 Å². The van der Waals surface area contributed by atoms with E-state index in [2.05, 4.69) is 34.7 Å². The van der Waals surface area contributed by atoms with Crippen molar-refractivity contribution < 1.29 is 4.79 Å². The first-order valence-electron chi connectivity index (χ1n) is 8.35.